The molecule has 0 atom stereocenters. The van der Waals surface area contributed by atoms with E-state index in [0.717, 1.165) is 50.9 Å². The summed E-state index contributed by atoms with van der Waals surface area (Å²) < 4.78 is 4.96. The molecule has 1 rings (SSSR count). The predicted octanol–water partition coefficient (Wildman–Crippen LogP) is 5.25. The van der Waals surface area contributed by atoms with Gasteiger partial charge in [0.25, 0.3) is 0 Å². The van der Waals surface area contributed by atoms with Crippen LogP contribution >= 0.6 is 46.4 Å². The molecule has 0 fully saturated rings. The first-order valence-corrected chi connectivity index (χ1v) is 8.10. The number of unbranched alkanes of at least 4 members (excludes halogenated alkanes) is 2. The molecule has 2 nitrogen and oxygen atoms in total. The number of ether oxygens (including phenoxy) is 1. The zero-order chi connectivity index (χ0) is 15.0. The van der Waals surface area contributed by atoms with Gasteiger partial charge in [-0.2, -0.15) is 0 Å². The van der Waals surface area contributed by atoms with Crippen LogP contribution in [-0.4, -0.2) is 26.8 Å². The molecule has 0 unspecified atom stereocenters. The lowest BCUT2D eigenvalue weighted by Gasteiger charge is -2.10. The normalized spacial score (nSPS) is 11.1. The number of methoxy groups -OCH3 is 1. The van der Waals surface area contributed by atoms with E-state index in [1.165, 1.54) is 0 Å². The number of halogens is 4. The number of hydrogen-bond acceptors (Lipinski definition) is 2. The summed E-state index contributed by atoms with van der Waals surface area (Å²) in [4.78, 5) is 0. The first kappa shape index (κ1) is 18.3. The molecule has 6 heteroatoms. The van der Waals surface area contributed by atoms with E-state index in [0.29, 0.717) is 20.1 Å². The molecule has 0 heterocycles. The summed E-state index contributed by atoms with van der Waals surface area (Å²) >= 11 is 24.3. The van der Waals surface area contributed by atoms with Crippen molar-refractivity contribution in [2.75, 3.05) is 26.8 Å². The molecule has 1 N–H and O–H groups in total. The van der Waals surface area contributed by atoms with Crippen molar-refractivity contribution in [1.29, 1.82) is 0 Å². The van der Waals surface area contributed by atoms with Gasteiger partial charge in [0, 0.05) is 18.7 Å². The van der Waals surface area contributed by atoms with E-state index in [1.54, 1.807) is 13.2 Å². The summed E-state index contributed by atoms with van der Waals surface area (Å²) in [5.74, 6) is 0. The maximum Gasteiger partial charge on any atom is 0.0782 e. The van der Waals surface area contributed by atoms with Gasteiger partial charge in [-0.15, -0.1) is 0 Å². The molecule has 0 saturated heterocycles. The van der Waals surface area contributed by atoms with Gasteiger partial charge >= 0.3 is 0 Å². The minimum atomic E-state index is 0.383. The molecule has 0 spiro atoms. The number of benzene rings is 1. The van der Waals surface area contributed by atoms with Gasteiger partial charge in [0.1, 0.15) is 0 Å². The van der Waals surface area contributed by atoms with Crippen LogP contribution < -0.4 is 5.32 Å². The van der Waals surface area contributed by atoms with Crippen LogP contribution in [0.2, 0.25) is 20.1 Å². The second kappa shape index (κ2) is 10.1. The summed E-state index contributed by atoms with van der Waals surface area (Å²) in [6, 6.07) is 1.65. The molecule has 1 aromatic rings. The fourth-order valence-corrected chi connectivity index (χ4v) is 2.98. The third-order valence-electron chi connectivity index (χ3n) is 2.97. The van der Waals surface area contributed by atoms with Crippen LogP contribution in [0.15, 0.2) is 6.07 Å². The smallest absolute Gasteiger partial charge is 0.0782 e. The van der Waals surface area contributed by atoms with Gasteiger partial charge in [-0.05, 0) is 37.4 Å². The fourth-order valence-electron chi connectivity index (χ4n) is 1.86. The van der Waals surface area contributed by atoms with Gasteiger partial charge in [0.2, 0.25) is 0 Å². The van der Waals surface area contributed by atoms with Crippen LogP contribution in [-0.2, 0) is 11.2 Å². The first-order chi connectivity index (χ1) is 9.57. The minimum absolute atomic E-state index is 0.383. The van der Waals surface area contributed by atoms with Crippen molar-refractivity contribution in [3.8, 4) is 0 Å². The van der Waals surface area contributed by atoms with Crippen molar-refractivity contribution < 1.29 is 4.74 Å². The highest BCUT2D eigenvalue weighted by atomic mass is 35.5. The average Bonchev–Trinajstić information content (AvgIpc) is 2.42. The first-order valence-electron chi connectivity index (χ1n) is 6.59. The summed E-state index contributed by atoms with van der Waals surface area (Å²) in [6.45, 7) is 2.63. The Balaban J connectivity index is 2.31. The Labute approximate surface area is 140 Å². The van der Waals surface area contributed by atoms with Gasteiger partial charge in [-0.1, -0.05) is 52.8 Å². The Kier molecular flexibility index (Phi) is 9.26. The molecule has 114 valence electrons. The van der Waals surface area contributed by atoms with E-state index < -0.39 is 0 Å². The van der Waals surface area contributed by atoms with Gasteiger partial charge in [0.05, 0.1) is 21.7 Å². The second-order valence-corrected chi connectivity index (χ2v) is 6.07. The summed E-state index contributed by atoms with van der Waals surface area (Å²) in [5.41, 5.74) is 0.884. The predicted molar refractivity (Wildman–Crippen MR) is 88.8 cm³/mol. The molecule has 0 bridgehead atoms. The van der Waals surface area contributed by atoms with Crippen molar-refractivity contribution in [3.63, 3.8) is 0 Å². The quantitative estimate of drug-likeness (QED) is 0.370. The maximum absolute atomic E-state index is 6.17. The monoisotopic (exact) mass is 357 g/mol. The molecule has 1 aromatic carbocycles. The molecule has 20 heavy (non-hydrogen) atoms. The molecule has 0 aromatic heterocycles. The highest BCUT2D eigenvalue weighted by Gasteiger charge is 2.13. The van der Waals surface area contributed by atoms with Gasteiger partial charge in [-0.25, -0.2) is 0 Å². The lowest BCUT2D eigenvalue weighted by Crippen LogP contribution is -2.20. The topological polar surface area (TPSA) is 21.3 Å². The molecule has 0 aliphatic rings. The molecule has 0 aliphatic heterocycles. The van der Waals surface area contributed by atoms with Crippen molar-refractivity contribution in [2.45, 2.75) is 25.7 Å². The molecule has 0 saturated carbocycles. The van der Waals surface area contributed by atoms with E-state index in [9.17, 15) is 0 Å². The number of rotatable bonds is 9. The van der Waals surface area contributed by atoms with Crippen LogP contribution in [0, 0.1) is 0 Å². The van der Waals surface area contributed by atoms with E-state index in [-0.39, 0.29) is 0 Å². The Morgan fingerprint density at radius 2 is 1.70 bits per heavy atom. The highest BCUT2D eigenvalue weighted by Crippen LogP contribution is 2.38. The molecular formula is C14H19Cl4NO. The minimum Gasteiger partial charge on any atom is -0.383 e. The molecule has 0 aliphatic carbocycles. The zero-order valence-corrected chi connectivity index (χ0v) is 14.5. The summed E-state index contributed by atoms with van der Waals surface area (Å²) in [6.07, 6.45) is 4.04. The van der Waals surface area contributed by atoms with E-state index in [1.807, 2.05) is 0 Å². The van der Waals surface area contributed by atoms with Crippen molar-refractivity contribution in [2.24, 2.45) is 0 Å². The van der Waals surface area contributed by atoms with E-state index in [4.69, 9.17) is 51.1 Å². The standard InChI is InChI=1S/C14H19Cl4NO/c1-20-8-7-19-6-4-2-3-5-10-11(15)9-12(16)14(18)13(10)17/h9,19H,2-8H2,1H3. The lowest BCUT2D eigenvalue weighted by molar-refractivity contribution is 0.199. The largest absolute Gasteiger partial charge is 0.383 e. The van der Waals surface area contributed by atoms with Crippen LogP contribution in [0.25, 0.3) is 0 Å². The molecular weight excluding hydrogens is 340 g/mol. The van der Waals surface area contributed by atoms with Gasteiger partial charge in [-0.3, -0.25) is 0 Å². The van der Waals surface area contributed by atoms with E-state index in [2.05, 4.69) is 5.32 Å². The third-order valence-corrected chi connectivity index (χ3v) is 4.61. The van der Waals surface area contributed by atoms with Crippen LogP contribution in [0.5, 0.6) is 0 Å². The average molecular weight is 359 g/mol. The summed E-state index contributed by atoms with van der Waals surface area (Å²) in [7, 11) is 1.70. The SMILES string of the molecule is COCCNCCCCCc1c(Cl)cc(Cl)c(Cl)c1Cl. The van der Waals surface area contributed by atoms with E-state index >= 15 is 0 Å². The van der Waals surface area contributed by atoms with Crippen molar-refractivity contribution in [1.82, 2.24) is 5.32 Å². The number of nitrogens with one attached hydrogen (secondary N) is 1. The van der Waals surface area contributed by atoms with Gasteiger partial charge < -0.3 is 10.1 Å². The lowest BCUT2D eigenvalue weighted by atomic mass is 10.1. The maximum atomic E-state index is 6.17. The van der Waals surface area contributed by atoms with Crippen molar-refractivity contribution in [3.05, 3.63) is 31.7 Å². The summed E-state index contributed by atoms with van der Waals surface area (Å²) in [5, 5.41) is 5.15. The second-order valence-electron chi connectivity index (χ2n) is 4.50. The third kappa shape index (κ3) is 5.97. The molecule has 0 amide bonds. The Bertz CT molecular complexity index is 426. The Morgan fingerprint density at radius 1 is 0.950 bits per heavy atom. The number of hydrogen-bond donors (Lipinski definition) is 1. The van der Waals surface area contributed by atoms with Gasteiger partial charge in [0.15, 0.2) is 0 Å². The van der Waals surface area contributed by atoms with Crippen LogP contribution in [0.4, 0.5) is 0 Å². The Hall–Kier alpha value is 0.300. The van der Waals surface area contributed by atoms with Crippen LogP contribution in [0.1, 0.15) is 24.8 Å². The molecule has 0 radical (unpaired) electrons. The highest BCUT2D eigenvalue weighted by molar-refractivity contribution is 6.49. The fraction of sp³-hybridized carbons (Fsp3) is 0.571. The van der Waals surface area contributed by atoms with Crippen LogP contribution in [0.3, 0.4) is 0 Å². The Morgan fingerprint density at radius 3 is 2.40 bits per heavy atom. The van der Waals surface area contributed by atoms with Crippen molar-refractivity contribution >= 4 is 46.4 Å². The zero-order valence-electron chi connectivity index (χ0n) is 11.4.